The molecular weight excluding hydrogens is 302 g/mol. The molecule has 1 heterocycles. The van der Waals surface area contributed by atoms with Crippen LogP contribution < -0.4 is 14.8 Å². The van der Waals surface area contributed by atoms with Crippen molar-refractivity contribution in [3.63, 3.8) is 0 Å². The van der Waals surface area contributed by atoms with E-state index in [0.717, 1.165) is 0 Å². The maximum absolute atomic E-state index is 11.7. The average Bonchev–Trinajstić information content (AvgIpc) is 2.95. The molecule has 1 aliphatic rings. The number of hydrogen-bond acceptors (Lipinski definition) is 7. The van der Waals surface area contributed by atoms with E-state index in [-0.39, 0.29) is 26.4 Å². The first-order valence-electron chi connectivity index (χ1n) is 7.32. The molecule has 0 fully saturated rings. The zero-order valence-electron chi connectivity index (χ0n) is 13.1. The fraction of sp³-hybridized carbons (Fsp3) is 0.375. The van der Waals surface area contributed by atoms with Gasteiger partial charge in [0.2, 0.25) is 6.79 Å². The van der Waals surface area contributed by atoms with Crippen LogP contribution in [0.5, 0.6) is 11.5 Å². The maximum Gasteiger partial charge on any atom is 0.332 e. The second-order valence-electron chi connectivity index (χ2n) is 4.60. The van der Waals surface area contributed by atoms with E-state index in [9.17, 15) is 9.59 Å². The van der Waals surface area contributed by atoms with Crippen LogP contribution in [0.25, 0.3) is 0 Å². The standard InChI is InChI=1S/C16H19NO6/c1-3-20-15(18)8-12(9-16(19)21-4-2)17-11-5-6-13-14(7-11)23-10-22-13/h5-8,17H,3-4,9-10H2,1-2H3. The molecule has 0 radical (unpaired) electrons. The summed E-state index contributed by atoms with van der Waals surface area (Å²) >= 11 is 0. The van der Waals surface area contributed by atoms with Crippen molar-refractivity contribution in [3.8, 4) is 11.5 Å². The Hall–Kier alpha value is -2.70. The topological polar surface area (TPSA) is 83.1 Å². The quantitative estimate of drug-likeness (QED) is 0.609. The highest BCUT2D eigenvalue weighted by atomic mass is 16.7. The number of esters is 2. The predicted octanol–water partition coefficient (Wildman–Crippen LogP) is 2.23. The monoisotopic (exact) mass is 321 g/mol. The van der Waals surface area contributed by atoms with Gasteiger partial charge < -0.3 is 24.3 Å². The van der Waals surface area contributed by atoms with Crippen LogP contribution in [0.4, 0.5) is 5.69 Å². The summed E-state index contributed by atoms with van der Waals surface area (Å²) in [5, 5.41) is 3.01. The Bertz CT molecular complexity index is 611. The number of nitrogens with one attached hydrogen (secondary N) is 1. The van der Waals surface area contributed by atoms with Gasteiger partial charge in [-0.15, -0.1) is 0 Å². The third kappa shape index (κ3) is 4.91. The van der Waals surface area contributed by atoms with Crippen LogP contribution in [0.2, 0.25) is 0 Å². The lowest BCUT2D eigenvalue weighted by molar-refractivity contribution is -0.142. The SMILES string of the molecule is CCOC(=O)C=C(CC(=O)OCC)Nc1ccc2c(c1)OCO2. The summed E-state index contributed by atoms with van der Waals surface area (Å²) in [5.41, 5.74) is 1.04. The van der Waals surface area contributed by atoms with Gasteiger partial charge in [-0.1, -0.05) is 0 Å². The number of carbonyl (C=O) groups is 2. The van der Waals surface area contributed by atoms with Gasteiger partial charge in [0, 0.05) is 23.5 Å². The van der Waals surface area contributed by atoms with Crippen molar-refractivity contribution in [1.29, 1.82) is 0 Å². The van der Waals surface area contributed by atoms with Crippen molar-refractivity contribution in [3.05, 3.63) is 30.0 Å². The van der Waals surface area contributed by atoms with Gasteiger partial charge in [0.15, 0.2) is 11.5 Å². The van der Waals surface area contributed by atoms with Crippen LogP contribution in [0.3, 0.4) is 0 Å². The fourth-order valence-corrected chi connectivity index (χ4v) is 1.98. The summed E-state index contributed by atoms with van der Waals surface area (Å²) in [5.74, 6) is 0.287. The smallest absolute Gasteiger partial charge is 0.332 e. The minimum Gasteiger partial charge on any atom is -0.466 e. The lowest BCUT2D eigenvalue weighted by atomic mass is 10.2. The molecule has 1 aliphatic heterocycles. The van der Waals surface area contributed by atoms with Crippen LogP contribution in [-0.4, -0.2) is 31.9 Å². The van der Waals surface area contributed by atoms with Gasteiger partial charge in [-0.05, 0) is 26.0 Å². The molecule has 23 heavy (non-hydrogen) atoms. The van der Waals surface area contributed by atoms with E-state index in [4.69, 9.17) is 18.9 Å². The lowest BCUT2D eigenvalue weighted by Crippen LogP contribution is -2.12. The summed E-state index contributed by atoms with van der Waals surface area (Å²) in [6, 6.07) is 5.24. The number of fused-ring (bicyclic) bond motifs is 1. The van der Waals surface area contributed by atoms with E-state index in [0.29, 0.717) is 22.9 Å². The van der Waals surface area contributed by atoms with Crippen molar-refractivity contribution in [2.75, 3.05) is 25.3 Å². The zero-order valence-corrected chi connectivity index (χ0v) is 13.1. The largest absolute Gasteiger partial charge is 0.466 e. The first kappa shape index (κ1) is 16.7. The second kappa shape index (κ2) is 8.07. The van der Waals surface area contributed by atoms with E-state index < -0.39 is 11.9 Å². The molecule has 0 aromatic heterocycles. The van der Waals surface area contributed by atoms with Crippen molar-refractivity contribution >= 4 is 17.6 Å². The Morgan fingerprint density at radius 2 is 1.91 bits per heavy atom. The molecule has 124 valence electrons. The van der Waals surface area contributed by atoms with Gasteiger partial charge in [-0.2, -0.15) is 0 Å². The average molecular weight is 321 g/mol. The molecule has 1 aromatic carbocycles. The third-order valence-electron chi connectivity index (χ3n) is 2.90. The molecule has 0 aliphatic carbocycles. The Morgan fingerprint density at radius 3 is 2.65 bits per heavy atom. The van der Waals surface area contributed by atoms with Gasteiger partial charge >= 0.3 is 11.9 Å². The van der Waals surface area contributed by atoms with Crippen molar-refractivity contribution < 1.29 is 28.5 Å². The summed E-state index contributed by atoms with van der Waals surface area (Å²) in [6.45, 7) is 4.13. The minimum atomic E-state index is -0.528. The number of rotatable bonds is 7. The normalized spacial score (nSPS) is 12.7. The van der Waals surface area contributed by atoms with Gasteiger partial charge in [-0.3, -0.25) is 4.79 Å². The highest BCUT2D eigenvalue weighted by molar-refractivity contribution is 5.85. The molecule has 1 N–H and O–H groups in total. The Morgan fingerprint density at radius 1 is 1.17 bits per heavy atom. The minimum absolute atomic E-state index is 0.0684. The van der Waals surface area contributed by atoms with E-state index in [1.165, 1.54) is 6.08 Å². The first-order chi connectivity index (χ1) is 11.1. The van der Waals surface area contributed by atoms with Crippen molar-refractivity contribution in [2.24, 2.45) is 0 Å². The number of hydrogen-bond donors (Lipinski definition) is 1. The summed E-state index contributed by atoms with van der Waals surface area (Å²) < 4.78 is 20.3. The molecule has 0 atom stereocenters. The molecule has 0 spiro atoms. The summed E-state index contributed by atoms with van der Waals surface area (Å²) in [7, 11) is 0. The van der Waals surface area contributed by atoms with Gasteiger partial charge in [-0.25, -0.2) is 4.79 Å². The molecule has 0 unspecified atom stereocenters. The molecular formula is C16H19NO6. The zero-order chi connectivity index (χ0) is 16.7. The molecule has 7 heteroatoms. The van der Waals surface area contributed by atoms with Crippen LogP contribution in [-0.2, 0) is 19.1 Å². The summed E-state index contributed by atoms with van der Waals surface area (Å²) in [4.78, 5) is 23.3. The lowest BCUT2D eigenvalue weighted by Gasteiger charge is -2.11. The molecule has 1 aromatic rings. The van der Waals surface area contributed by atoms with Crippen LogP contribution in [0.1, 0.15) is 20.3 Å². The first-order valence-corrected chi connectivity index (χ1v) is 7.32. The second-order valence-corrected chi connectivity index (χ2v) is 4.60. The molecule has 0 bridgehead atoms. The highest BCUT2D eigenvalue weighted by Gasteiger charge is 2.15. The molecule has 2 rings (SSSR count). The maximum atomic E-state index is 11.7. The van der Waals surface area contributed by atoms with Gasteiger partial charge in [0.1, 0.15) is 0 Å². The Kier molecular flexibility index (Phi) is 5.85. The van der Waals surface area contributed by atoms with Gasteiger partial charge in [0.05, 0.1) is 19.6 Å². The van der Waals surface area contributed by atoms with Gasteiger partial charge in [0.25, 0.3) is 0 Å². The number of benzene rings is 1. The summed E-state index contributed by atoms with van der Waals surface area (Å²) in [6.07, 6.45) is 1.17. The van der Waals surface area contributed by atoms with E-state index >= 15 is 0 Å². The van der Waals surface area contributed by atoms with E-state index in [1.807, 2.05) is 0 Å². The molecule has 0 saturated carbocycles. The number of anilines is 1. The van der Waals surface area contributed by atoms with Crippen LogP contribution in [0.15, 0.2) is 30.0 Å². The Balaban J connectivity index is 2.12. The fourth-order valence-electron chi connectivity index (χ4n) is 1.98. The highest BCUT2D eigenvalue weighted by Crippen LogP contribution is 2.34. The van der Waals surface area contributed by atoms with Crippen molar-refractivity contribution in [1.82, 2.24) is 0 Å². The molecule has 0 saturated heterocycles. The number of carbonyl (C=O) groups excluding carboxylic acids is 2. The van der Waals surface area contributed by atoms with Crippen LogP contribution >= 0.6 is 0 Å². The predicted molar refractivity (Wildman–Crippen MR) is 82.2 cm³/mol. The number of ether oxygens (including phenoxy) is 4. The van der Waals surface area contributed by atoms with Crippen LogP contribution in [0, 0.1) is 0 Å². The molecule has 7 nitrogen and oxygen atoms in total. The van der Waals surface area contributed by atoms with E-state index in [2.05, 4.69) is 5.32 Å². The molecule has 0 amide bonds. The van der Waals surface area contributed by atoms with Crippen molar-refractivity contribution in [2.45, 2.75) is 20.3 Å². The van der Waals surface area contributed by atoms with E-state index in [1.54, 1.807) is 32.0 Å². The Labute approximate surface area is 134 Å². The third-order valence-corrected chi connectivity index (χ3v) is 2.90.